The van der Waals surface area contributed by atoms with E-state index >= 15 is 0 Å². The molecule has 1 amide bonds. The number of nitrogens with zero attached hydrogens (tertiary/aromatic N) is 1. The van der Waals surface area contributed by atoms with E-state index in [2.05, 4.69) is 20.4 Å². The van der Waals surface area contributed by atoms with Crippen LogP contribution in [0.25, 0.3) is 10.9 Å². The summed E-state index contributed by atoms with van der Waals surface area (Å²) in [6.45, 7) is -4.22. The summed E-state index contributed by atoms with van der Waals surface area (Å²) in [6, 6.07) is 2.90. The Hall–Kier alpha value is -2.56. The average Bonchev–Trinajstić information content (AvgIpc) is 2.66. The molecule has 0 radical (unpaired) electrons. The summed E-state index contributed by atoms with van der Waals surface area (Å²) in [5, 5.41) is 5.50. The molecule has 0 unspecified atom stereocenters. The van der Waals surface area contributed by atoms with Crippen LogP contribution in [0.1, 0.15) is 36.0 Å². The molecule has 0 saturated heterocycles. The number of carbonyl (C=O) groups excluding carboxylic acids is 1. The van der Waals surface area contributed by atoms with Gasteiger partial charge in [-0.25, -0.2) is 4.39 Å². The molecule has 1 saturated carbocycles. The zero-order chi connectivity index (χ0) is 21.9. The van der Waals surface area contributed by atoms with Gasteiger partial charge in [0.05, 0.1) is 17.6 Å². The van der Waals surface area contributed by atoms with Crippen LogP contribution in [0.3, 0.4) is 0 Å². The number of carbonyl (C=O) groups is 1. The number of nitrogens with one attached hydrogen (secondary N) is 2. The van der Waals surface area contributed by atoms with Crippen molar-refractivity contribution in [3.63, 3.8) is 0 Å². The molecular formula is C19H19F6N3O2. The molecule has 2 aromatic rings. The number of hydrogen-bond donors (Lipinski definition) is 2. The van der Waals surface area contributed by atoms with Gasteiger partial charge in [0.1, 0.15) is 0 Å². The van der Waals surface area contributed by atoms with Gasteiger partial charge in [0, 0.05) is 29.7 Å². The number of fused-ring (bicyclic) bond motifs is 1. The van der Waals surface area contributed by atoms with Crippen LogP contribution < -0.4 is 15.4 Å². The third kappa shape index (κ3) is 5.97. The number of hydrogen-bond acceptors (Lipinski definition) is 4. The quantitative estimate of drug-likeness (QED) is 0.669. The highest BCUT2D eigenvalue weighted by Crippen LogP contribution is 2.26. The molecule has 11 heteroatoms. The highest BCUT2D eigenvalue weighted by molar-refractivity contribution is 5.97. The molecule has 1 fully saturated rings. The molecule has 5 nitrogen and oxygen atoms in total. The van der Waals surface area contributed by atoms with Crippen LogP contribution in [0.15, 0.2) is 24.4 Å². The summed E-state index contributed by atoms with van der Waals surface area (Å²) in [5.41, 5.74) is 0.335. The molecule has 1 aliphatic rings. The molecule has 30 heavy (non-hydrogen) atoms. The molecule has 0 bridgehead atoms. The highest BCUT2D eigenvalue weighted by atomic mass is 19.4. The maximum Gasteiger partial charge on any atom is 0.401 e. The number of aromatic nitrogens is 1. The van der Waals surface area contributed by atoms with Gasteiger partial charge in [0.2, 0.25) is 0 Å². The van der Waals surface area contributed by atoms with Crippen molar-refractivity contribution in [3.8, 4) is 5.75 Å². The molecule has 1 aromatic carbocycles. The van der Waals surface area contributed by atoms with Crippen LogP contribution in [0.2, 0.25) is 0 Å². The minimum Gasteiger partial charge on any atom is -0.432 e. The van der Waals surface area contributed by atoms with Crippen LogP contribution in [-0.4, -0.2) is 42.3 Å². The zero-order valence-corrected chi connectivity index (χ0v) is 15.6. The molecule has 1 aromatic heterocycles. The van der Waals surface area contributed by atoms with E-state index in [1.54, 1.807) is 0 Å². The second-order valence-corrected chi connectivity index (χ2v) is 7.10. The molecule has 0 spiro atoms. The molecule has 3 rings (SSSR count). The summed E-state index contributed by atoms with van der Waals surface area (Å²) >= 11 is 0. The van der Waals surface area contributed by atoms with E-state index in [9.17, 15) is 31.1 Å². The van der Waals surface area contributed by atoms with Gasteiger partial charge in [-0.1, -0.05) is 0 Å². The summed E-state index contributed by atoms with van der Waals surface area (Å²) in [4.78, 5) is 16.5. The third-order valence-corrected chi connectivity index (χ3v) is 4.87. The van der Waals surface area contributed by atoms with Crippen LogP contribution in [0.5, 0.6) is 5.75 Å². The Morgan fingerprint density at radius 2 is 1.80 bits per heavy atom. The second-order valence-electron chi connectivity index (χ2n) is 7.10. The fraction of sp³-hybridized carbons (Fsp3) is 0.474. The minimum absolute atomic E-state index is 0.154. The van der Waals surface area contributed by atoms with Gasteiger partial charge < -0.3 is 15.4 Å². The van der Waals surface area contributed by atoms with Crippen LogP contribution in [0, 0.1) is 5.82 Å². The van der Waals surface area contributed by atoms with Crippen LogP contribution in [-0.2, 0) is 0 Å². The first-order chi connectivity index (χ1) is 14.1. The van der Waals surface area contributed by atoms with Gasteiger partial charge in [0.15, 0.2) is 11.6 Å². The molecular weight excluding hydrogens is 416 g/mol. The van der Waals surface area contributed by atoms with Crippen molar-refractivity contribution >= 4 is 16.8 Å². The Kier molecular flexibility index (Phi) is 6.69. The molecule has 1 heterocycles. The van der Waals surface area contributed by atoms with E-state index in [1.165, 1.54) is 12.3 Å². The number of halogens is 6. The molecule has 2 N–H and O–H groups in total. The fourth-order valence-electron chi connectivity index (χ4n) is 3.41. The molecule has 164 valence electrons. The third-order valence-electron chi connectivity index (χ3n) is 4.87. The molecule has 1 aliphatic carbocycles. The van der Waals surface area contributed by atoms with Crippen molar-refractivity contribution in [3.05, 3.63) is 35.8 Å². The Morgan fingerprint density at radius 3 is 2.43 bits per heavy atom. The summed E-state index contributed by atoms with van der Waals surface area (Å²) in [7, 11) is 0. The van der Waals surface area contributed by atoms with E-state index < -0.39 is 36.8 Å². The van der Waals surface area contributed by atoms with E-state index in [1.807, 2.05) is 0 Å². The Morgan fingerprint density at radius 1 is 1.13 bits per heavy atom. The highest BCUT2D eigenvalue weighted by Gasteiger charge is 2.30. The lowest BCUT2D eigenvalue weighted by atomic mass is 9.91. The number of alkyl halides is 5. The number of benzene rings is 1. The minimum atomic E-state index is -4.26. The Bertz CT molecular complexity index is 898. The maximum atomic E-state index is 13.9. The predicted molar refractivity (Wildman–Crippen MR) is 95.9 cm³/mol. The Balaban J connectivity index is 1.59. The van der Waals surface area contributed by atoms with E-state index in [-0.39, 0.29) is 28.6 Å². The van der Waals surface area contributed by atoms with Gasteiger partial charge in [-0.2, -0.15) is 22.0 Å². The lowest BCUT2D eigenvalue weighted by molar-refractivity contribution is -0.126. The van der Waals surface area contributed by atoms with Gasteiger partial charge >= 0.3 is 12.8 Å². The second kappa shape index (κ2) is 9.07. The number of rotatable bonds is 6. The van der Waals surface area contributed by atoms with E-state index in [0.717, 1.165) is 12.1 Å². The van der Waals surface area contributed by atoms with Crippen molar-refractivity contribution in [2.75, 3.05) is 6.54 Å². The van der Waals surface area contributed by atoms with Gasteiger partial charge in [-0.15, -0.1) is 0 Å². The van der Waals surface area contributed by atoms with Crippen molar-refractivity contribution < 1.29 is 35.9 Å². The first-order valence-electron chi connectivity index (χ1n) is 9.26. The number of pyridine rings is 1. The summed E-state index contributed by atoms with van der Waals surface area (Å²) in [5.74, 6) is -2.10. The maximum absolute atomic E-state index is 13.9. The monoisotopic (exact) mass is 435 g/mol. The van der Waals surface area contributed by atoms with Gasteiger partial charge in [-0.05, 0) is 37.8 Å². The number of ether oxygens (including phenoxy) is 1. The van der Waals surface area contributed by atoms with Crippen LogP contribution >= 0.6 is 0 Å². The van der Waals surface area contributed by atoms with Crippen molar-refractivity contribution in [2.45, 2.75) is 50.6 Å². The first-order valence-corrected chi connectivity index (χ1v) is 9.26. The van der Waals surface area contributed by atoms with E-state index in [0.29, 0.717) is 25.7 Å². The van der Waals surface area contributed by atoms with Crippen molar-refractivity contribution in [2.24, 2.45) is 0 Å². The van der Waals surface area contributed by atoms with E-state index in [4.69, 9.17) is 0 Å². The lowest BCUT2D eigenvalue weighted by Gasteiger charge is -2.30. The molecule has 0 aliphatic heterocycles. The smallest absolute Gasteiger partial charge is 0.401 e. The normalized spacial score (nSPS) is 19.8. The average molecular weight is 435 g/mol. The fourth-order valence-corrected chi connectivity index (χ4v) is 3.41. The van der Waals surface area contributed by atoms with Gasteiger partial charge in [0.25, 0.3) is 5.91 Å². The van der Waals surface area contributed by atoms with Crippen LogP contribution in [0.4, 0.5) is 26.3 Å². The predicted octanol–water partition coefficient (Wildman–Crippen LogP) is 4.17. The molecule has 0 atom stereocenters. The van der Waals surface area contributed by atoms with Crippen molar-refractivity contribution in [1.29, 1.82) is 0 Å². The van der Waals surface area contributed by atoms with Gasteiger partial charge in [-0.3, -0.25) is 9.78 Å². The zero-order valence-electron chi connectivity index (χ0n) is 15.6. The SMILES string of the molecule is O=C(N[C@H]1CC[C@H](NCC(F)(F)F)CC1)c1cnc2cc(OC(F)F)c(F)cc2c1. The standard InChI is InChI=1S/C19H19F6N3O2/c20-14-6-10-5-11(8-26-15(10)7-16(14)30-18(21)22)17(29)28-13-3-1-12(2-4-13)27-9-19(23,24)25/h5-8,12-13,18,27H,1-4,9H2,(H,28,29)/t12-,13-. The topological polar surface area (TPSA) is 63.2 Å². The lowest BCUT2D eigenvalue weighted by Crippen LogP contribution is -2.44. The largest absolute Gasteiger partial charge is 0.432 e. The van der Waals surface area contributed by atoms with Crippen molar-refractivity contribution in [1.82, 2.24) is 15.6 Å². The summed E-state index contributed by atoms with van der Waals surface area (Å²) in [6.07, 6.45) is -1.00. The number of amides is 1. The summed E-state index contributed by atoms with van der Waals surface area (Å²) < 4.78 is 79.4. The first kappa shape index (κ1) is 22.1. The Labute approximate surface area is 167 Å².